The SMILES string of the molecule is Cc1noc(NS(=O)(=O)c2ccc(NC(=O)CCOc3ccccc3Cl)cc2)c1C. The van der Waals surface area contributed by atoms with Crippen LogP contribution < -0.4 is 14.8 Å². The molecule has 10 heteroatoms. The Morgan fingerprint density at radius 2 is 1.83 bits per heavy atom. The van der Waals surface area contributed by atoms with Crippen molar-refractivity contribution in [3.8, 4) is 5.75 Å². The van der Waals surface area contributed by atoms with Gasteiger partial charge in [0, 0.05) is 11.3 Å². The zero-order valence-electron chi connectivity index (χ0n) is 16.3. The van der Waals surface area contributed by atoms with Crippen molar-refractivity contribution in [3.05, 3.63) is 64.8 Å². The predicted octanol–water partition coefficient (Wildman–Crippen LogP) is 4.15. The molecular formula is C20H20ClN3O5S. The first-order valence-corrected chi connectivity index (χ1v) is 10.9. The average molecular weight is 450 g/mol. The minimum atomic E-state index is -3.85. The van der Waals surface area contributed by atoms with Crippen LogP contribution in [0, 0.1) is 13.8 Å². The van der Waals surface area contributed by atoms with E-state index in [1.807, 2.05) is 0 Å². The number of rotatable bonds is 8. The van der Waals surface area contributed by atoms with E-state index in [-0.39, 0.29) is 29.7 Å². The third kappa shape index (κ3) is 5.31. The molecule has 0 radical (unpaired) electrons. The highest BCUT2D eigenvalue weighted by Crippen LogP contribution is 2.24. The molecule has 0 saturated carbocycles. The van der Waals surface area contributed by atoms with Crippen LogP contribution in [0.15, 0.2) is 57.9 Å². The lowest BCUT2D eigenvalue weighted by Gasteiger charge is -2.09. The number of ether oxygens (including phenoxy) is 1. The average Bonchev–Trinajstić information content (AvgIpc) is 3.01. The Balaban J connectivity index is 1.55. The predicted molar refractivity (Wildman–Crippen MR) is 113 cm³/mol. The number of halogens is 1. The van der Waals surface area contributed by atoms with E-state index in [4.69, 9.17) is 20.9 Å². The second-order valence-corrected chi connectivity index (χ2v) is 8.52. The fraction of sp³-hybridized carbons (Fsp3) is 0.200. The summed E-state index contributed by atoms with van der Waals surface area (Å²) in [7, 11) is -3.85. The molecule has 0 saturated heterocycles. The maximum Gasteiger partial charge on any atom is 0.264 e. The van der Waals surface area contributed by atoms with E-state index in [9.17, 15) is 13.2 Å². The van der Waals surface area contributed by atoms with Crippen molar-refractivity contribution in [2.24, 2.45) is 0 Å². The highest BCUT2D eigenvalue weighted by Gasteiger charge is 2.19. The van der Waals surface area contributed by atoms with Crippen LogP contribution in [0.1, 0.15) is 17.7 Å². The third-order valence-corrected chi connectivity index (χ3v) is 5.92. The standard InChI is InChI=1S/C20H20ClN3O5S/c1-13-14(2)23-29-20(13)24-30(26,27)16-9-7-15(8-10-16)22-19(25)11-12-28-18-6-4-3-5-17(18)21/h3-10,24H,11-12H2,1-2H3,(H,22,25). The summed E-state index contributed by atoms with van der Waals surface area (Å²) in [6, 6.07) is 12.8. The van der Waals surface area contributed by atoms with E-state index >= 15 is 0 Å². The molecule has 0 atom stereocenters. The van der Waals surface area contributed by atoms with Gasteiger partial charge >= 0.3 is 0 Å². The van der Waals surface area contributed by atoms with Crippen LogP contribution >= 0.6 is 11.6 Å². The molecule has 1 aromatic heterocycles. The van der Waals surface area contributed by atoms with Gasteiger partial charge < -0.3 is 14.6 Å². The summed E-state index contributed by atoms with van der Waals surface area (Å²) in [5.41, 5.74) is 1.68. The van der Waals surface area contributed by atoms with Crippen molar-refractivity contribution < 1.29 is 22.5 Å². The van der Waals surface area contributed by atoms with Gasteiger partial charge in [0.1, 0.15) is 5.75 Å². The highest BCUT2D eigenvalue weighted by atomic mass is 35.5. The van der Waals surface area contributed by atoms with E-state index < -0.39 is 10.0 Å². The van der Waals surface area contributed by atoms with Gasteiger partial charge in [-0.1, -0.05) is 28.9 Å². The van der Waals surface area contributed by atoms with Crippen molar-refractivity contribution >= 4 is 39.1 Å². The van der Waals surface area contributed by atoms with Gasteiger partial charge in [-0.25, -0.2) is 13.1 Å². The van der Waals surface area contributed by atoms with Gasteiger partial charge in [-0.15, -0.1) is 0 Å². The van der Waals surface area contributed by atoms with Gasteiger partial charge in [-0.3, -0.25) is 4.79 Å². The van der Waals surface area contributed by atoms with Gasteiger partial charge in [0.2, 0.25) is 11.8 Å². The maximum atomic E-state index is 12.5. The summed E-state index contributed by atoms with van der Waals surface area (Å²) < 4.78 is 37.8. The molecular weight excluding hydrogens is 430 g/mol. The van der Waals surface area contributed by atoms with Gasteiger partial charge in [0.15, 0.2) is 0 Å². The molecule has 2 aromatic carbocycles. The monoisotopic (exact) mass is 449 g/mol. The molecule has 2 N–H and O–H groups in total. The molecule has 1 heterocycles. The molecule has 0 fully saturated rings. The fourth-order valence-corrected chi connectivity index (χ4v) is 3.68. The normalized spacial score (nSPS) is 11.2. The van der Waals surface area contributed by atoms with Crippen LogP contribution in [-0.2, 0) is 14.8 Å². The van der Waals surface area contributed by atoms with Gasteiger partial charge in [-0.05, 0) is 50.2 Å². The first-order chi connectivity index (χ1) is 14.3. The molecule has 3 rings (SSSR count). The number of nitrogens with zero attached hydrogens (tertiary/aromatic N) is 1. The smallest absolute Gasteiger partial charge is 0.264 e. The van der Waals surface area contributed by atoms with Crippen LogP contribution in [0.3, 0.4) is 0 Å². The number of hydrogen-bond donors (Lipinski definition) is 2. The first-order valence-electron chi connectivity index (χ1n) is 8.99. The quantitative estimate of drug-likeness (QED) is 0.534. The summed E-state index contributed by atoms with van der Waals surface area (Å²) in [5, 5.41) is 6.88. The number of carbonyl (C=O) groups is 1. The number of aryl methyl sites for hydroxylation is 1. The number of anilines is 2. The Kier molecular flexibility index (Phi) is 6.63. The second-order valence-electron chi connectivity index (χ2n) is 6.43. The van der Waals surface area contributed by atoms with E-state index in [0.29, 0.717) is 27.7 Å². The van der Waals surface area contributed by atoms with E-state index in [1.54, 1.807) is 38.1 Å². The summed E-state index contributed by atoms with van der Waals surface area (Å²) >= 11 is 5.99. The number of nitrogens with one attached hydrogen (secondary N) is 2. The molecule has 0 unspecified atom stereocenters. The third-order valence-electron chi connectivity index (χ3n) is 4.26. The van der Waals surface area contributed by atoms with E-state index in [1.165, 1.54) is 24.3 Å². The number of sulfonamides is 1. The summed E-state index contributed by atoms with van der Waals surface area (Å²) in [6.45, 7) is 3.58. The van der Waals surface area contributed by atoms with Crippen LogP contribution in [-0.4, -0.2) is 26.1 Å². The molecule has 0 spiro atoms. The second kappa shape index (κ2) is 9.19. The first kappa shape index (κ1) is 21.7. The number of amides is 1. The summed E-state index contributed by atoms with van der Waals surface area (Å²) in [6.07, 6.45) is 0.108. The zero-order chi connectivity index (χ0) is 21.7. The molecule has 0 aliphatic heterocycles. The molecule has 0 aliphatic rings. The maximum absolute atomic E-state index is 12.5. The van der Waals surface area contributed by atoms with Crippen molar-refractivity contribution in [3.63, 3.8) is 0 Å². The van der Waals surface area contributed by atoms with E-state index in [0.717, 1.165) is 0 Å². The van der Waals surface area contributed by atoms with Crippen molar-refractivity contribution in [1.29, 1.82) is 0 Å². The summed E-state index contributed by atoms with van der Waals surface area (Å²) in [4.78, 5) is 12.1. The molecule has 0 bridgehead atoms. The Morgan fingerprint density at radius 1 is 1.13 bits per heavy atom. The lowest BCUT2D eigenvalue weighted by Crippen LogP contribution is -2.16. The Morgan fingerprint density at radius 3 is 2.47 bits per heavy atom. The summed E-state index contributed by atoms with van der Waals surface area (Å²) in [5.74, 6) is 0.304. The molecule has 158 valence electrons. The molecule has 1 amide bonds. The fourth-order valence-electron chi connectivity index (χ4n) is 2.45. The minimum Gasteiger partial charge on any atom is -0.491 e. The van der Waals surface area contributed by atoms with Crippen molar-refractivity contribution in [1.82, 2.24) is 5.16 Å². The zero-order valence-corrected chi connectivity index (χ0v) is 17.9. The van der Waals surface area contributed by atoms with Gasteiger partial charge in [0.25, 0.3) is 10.0 Å². The lowest BCUT2D eigenvalue weighted by molar-refractivity contribution is -0.116. The molecule has 30 heavy (non-hydrogen) atoms. The molecule has 0 aliphatic carbocycles. The van der Waals surface area contributed by atoms with E-state index in [2.05, 4.69) is 15.2 Å². The minimum absolute atomic E-state index is 0.0241. The number of benzene rings is 2. The number of carbonyl (C=O) groups excluding carboxylic acids is 1. The van der Waals surface area contributed by atoms with Crippen molar-refractivity contribution in [2.45, 2.75) is 25.2 Å². The largest absolute Gasteiger partial charge is 0.491 e. The molecule has 8 nitrogen and oxygen atoms in total. The van der Waals surface area contributed by atoms with Gasteiger partial charge in [-0.2, -0.15) is 0 Å². The number of para-hydroxylation sites is 1. The van der Waals surface area contributed by atoms with Gasteiger partial charge in [0.05, 0.1) is 28.6 Å². The Hall–Kier alpha value is -3.04. The van der Waals surface area contributed by atoms with Crippen LogP contribution in [0.2, 0.25) is 5.02 Å². The number of hydrogen-bond acceptors (Lipinski definition) is 6. The van der Waals surface area contributed by atoms with Crippen LogP contribution in [0.25, 0.3) is 0 Å². The highest BCUT2D eigenvalue weighted by molar-refractivity contribution is 7.92. The van der Waals surface area contributed by atoms with Crippen LogP contribution in [0.4, 0.5) is 11.6 Å². The number of aromatic nitrogens is 1. The topological polar surface area (TPSA) is 111 Å². The van der Waals surface area contributed by atoms with Crippen molar-refractivity contribution in [2.75, 3.05) is 16.6 Å². The Labute approximate surface area is 179 Å². The molecule has 3 aromatic rings. The Bertz CT molecular complexity index is 1140. The van der Waals surface area contributed by atoms with Crippen LogP contribution in [0.5, 0.6) is 5.75 Å². The lowest BCUT2D eigenvalue weighted by atomic mass is 10.3.